The molecule has 0 heterocycles. The van der Waals surface area contributed by atoms with Gasteiger partial charge in [0.05, 0.1) is 6.10 Å². The third kappa shape index (κ3) is 4.35. The van der Waals surface area contributed by atoms with E-state index >= 15 is 0 Å². The predicted molar refractivity (Wildman–Crippen MR) is 68.5 cm³/mol. The lowest BCUT2D eigenvalue weighted by Crippen LogP contribution is -2.15. The number of ether oxygens (including phenoxy) is 1. The maximum atomic E-state index is 13.7. The summed E-state index contributed by atoms with van der Waals surface area (Å²) in [7, 11) is 0. The monoisotopic (exact) mass is 239 g/mol. The molecule has 0 fully saturated rings. The van der Waals surface area contributed by atoms with Gasteiger partial charge in [0.25, 0.3) is 0 Å². The number of nitrogens with two attached hydrogens (primary N) is 1. The molecule has 1 unspecified atom stereocenters. The van der Waals surface area contributed by atoms with Crippen LogP contribution in [0.4, 0.5) is 4.39 Å². The molecule has 96 valence electrons. The van der Waals surface area contributed by atoms with E-state index < -0.39 is 0 Å². The maximum Gasteiger partial charge on any atom is 0.165 e. The Hall–Kier alpha value is -1.09. The van der Waals surface area contributed by atoms with Crippen LogP contribution in [0.3, 0.4) is 0 Å². The number of hydrogen-bond donors (Lipinski definition) is 1. The van der Waals surface area contributed by atoms with Gasteiger partial charge in [0, 0.05) is 6.04 Å². The molecule has 1 rings (SSSR count). The lowest BCUT2D eigenvalue weighted by atomic mass is 10.1. The van der Waals surface area contributed by atoms with E-state index in [0.29, 0.717) is 11.7 Å². The molecule has 3 heteroatoms. The summed E-state index contributed by atoms with van der Waals surface area (Å²) in [4.78, 5) is 0. The van der Waals surface area contributed by atoms with E-state index in [4.69, 9.17) is 10.5 Å². The first-order chi connectivity index (χ1) is 7.90. The van der Waals surface area contributed by atoms with Crippen LogP contribution in [0.2, 0.25) is 0 Å². The molecule has 1 aromatic carbocycles. The predicted octanol–water partition coefficient (Wildman–Crippen LogP) is 3.66. The van der Waals surface area contributed by atoms with Crippen LogP contribution in [0.25, 0.3) is 0 Å². The first-order valence-corrected chi connectivity index (χ1v) is 6.11. The lowest BCUT2D eigenvalue weighted by Gasteiger charge is -2.17. The molecular weight excluding hydrogens is 217 g/mol. The largest absolute Gasteiger partial charge is 0.488 e. The molecule has 1 aromatic rings. The molecule has 0 aromatic heterocycles. The molecule has 2 atom stereocenters. The van der Waals surface area contributed by atoms with Gasteiger partial charge in [-0.15, -0.1) is 0 Å². The van der Waals surface area contributed by atoms with Crippen molar-refractivity contribution in [3.05, 3.63) is 29.6 Å². The highest BCUT2D eigenvalue weighted by Gasteiger charge is 2.11. The van der Waals surface area contributed by atoms with Gasteiger partial charge in [-0.25, -0.2) is 4.39 Å². The van der Waals surface area contributed by atoms with Crippen molar-refractivity contribution in [2.75, 3.05) is 0 Å². The topological polar surface area (TPSA) is 35.2 Å². The average molecular weight is 239 g/mol. The zero-order chi connectivity index (χ0) is 13.0. The van der Waals surface area contributed by atoms with Crippen molar-refractivity contribution in [3.8, 4) is 5.75 Å². The van der Waals surface area contributed by atoms with Gasteiger partial charge in [-0.2, -0.15) is 0 Å². The van der Waals surface area contributed by atoms with Crippen molar-refractivity contribution < 1.29 is 9.13 Å². The Labute approximate surface area is 103 Å². The summed E-state index contributed by atoms with van der Waals surface area (Å²) in [5, 5.41) is 0. The zero-order valence-corrected chi connectivity index (χ0v) is 11.0. The van der Waals surface area contributed by atoms with Gasteiger partial charge < -0.3 is 10.5 Å². The molecule has 2 N–H and O–H groups in total. The first-order valence-electron chi connectivity index (χ1n) is 6.11. The second-order valence-corrected chi connectivity index (χ2v) is 5.04. The Bertz CT molecular complexity index is 363. The highest BCUT2D eigenvalue weighted by molar-refractivity contribution is 5.30. The van der Waals surface area contributed by atoms with Crippen LogP contribution in [-0.2, 0) is 0 Å². The van der Waals surface area contributed by atoms with Crippen molar-refractivity contribution in [3.63, 3.8) is 0 Å². The summed E-state index contributed by atoms with van der Waals surface area (Å²) in [6.45, 7) is 8.03. The van der Waals surface area contributed by atoms with Crippen molar-refractivity contribution in [2.45, 2.75) is 46.3 Å². The normalized spacial score (nSPS) is 14.8. The van der Waals surface area contributed by atoms with Crippen LogP contribution >= 0.6 is 0 Å². The Morgan fingerprint density at radius 1 is 1.24 bits per heavy atom. The molecule has 0 aliphatic carbocycles. The number of benzene rings is 1. The molecule has 0 radical (unpaired) electrons. The van der Waals surface area contributed by atoms with Crippen LogP contribution in [0.15, 0.2) is 18.2 Å². The molecule has 2 nitrogen and oxygen atoms in total. The molecule has 0 saturated heterocycles. The van der Waals surface area contributed by atoms with Gasteiger partial charge in [-0.1, -0.05) is 19.9 Å². The van der Waals surface area contributed by atoms with E-state index in [0.717, 1.165) is 12.0 Å². The summed E-state index contributed by atoms with van der Waals surface area (Å²) in [6, 6.07) is 4.75. The Balaban J connectivity index is 2.72. The van der Waals surface area contributed by atoms with E-state index in [9.17, 15) is 4.39 Å². The highest BCUT2D eigenvalue weighted by atomic mass is 19.1. The number of rotatable bonds is 5. The summed E-state index contributed by atoms with van der Waals surface area (Å²) in [6.07, 6.45) is 0.930. The maximum absolute atomic E-state index is 13.7. The minimum Gasteiger partial charge on any atom is -0.488 e. The van der Waals surface area contributed by atoms with E-state index in [-0.39, 0.29) is 18.0 Å². The molecule has 0 aliphatic rings. The summed E-state index contributed by atoms with van der Waals surface area (Å²) < 4.78 is 19.3. The smallest absolute Gasteiger partial charge is 0.165 e. The zero-order valence-electron chi connectivity index (χ0n) is 11.0. The Morgan fingerprint density at radius 2 is 1.88 bits per heavy atom. The minimum absolute atomic E-state index is 0.0191. The average Bonchev–Trinajstić information content (AvgIpc) is 2.19. The van der Waals surface area contributed by atoms with Crippen LogP contribution in [0, 0.1) is 11.7 Å². The molecular formula is C14H22FNO. The SMILES string of the molecule is CC(C)CC(C)Oc1ccc([C@@H](C)N)cc1F. The standard InChI is InChI=1S/C14H22FNO/c1-9(2)7-10(3)17-14-6-5-12(11(4)16)8-13(14)15/h5-6,8-11H,7,16H2,1-4H3/t10?,11-/m1/s1. The summed E-state index contributed by atoms with van der Waals surface area (Å²) in [5.74, 6) is 0.509. The quantitative estimate of drug-likeness (QED) is 0.851. The molecule has 0 aliphatic heterocycles. The van der Waals surface area contributed by atoms with Crippen molar-refractivity contribution in [1.29, 1.82) is 0 Å². The van der Waals surface area contributed by atoms with E-state index in [1.807, 2.05) is 19.9 Å². The van der Waals surface area contributed by atoms with Gasteiger partial charge in [-0.3, -0.25) is 0 Å². The van der Waals surface area contributed by atoms with Crippen LogP contribution in [0.5, 0.6) is 5.75 Å². The highest BCUT2D eigenvalue weighted by Crippen LogP contribution is 2.23. The van der Waals surface area contributed by atoms with E-state index in [1.165, 1.54) is 6.07 Å². The fourth-order valence-electron chi connectivity index (χ4n) is 1.82. The number of hydrogen-bond acceptors (Lipinski definition) is 2. The van der Waals surface area contributed by atoms with E-state index in [1.54, 1.807) is 6.07 Å². The molecule has 0 bridgehead atoms. The van der Waals surface area contributed by atoms with Crippen LogP contribution < -0.4 is 10.5 Å². The van der Waals surface area contributed by atoms with Gasteiger partial charge in [0.1, 0.15) is 0 Å². The third-order valence-electron chi connectivity index (χ3n) is 2.61. The van der Waals surface area contributed by atoms with Gasteiger partial charge >= 0.3 is 0 Å². The van der Waals surface area contributed by atoms with Crippen LogP contribution in [-0.4, -0.2) is 6.10 Å². The second-order valence-electron chi connectivity index (χ2n) is 5.04. The van der Waals surface area contributed by atoms with Gasteiger partial charge in [-0.05, 0) is 43.9 Å². The molecule has 0 saturated carbocycles. The second kappa shape index (κ2) is 6.01. The Morgan fingerprint density at radius 3 is 2.35 bits per heavy atom. The van der Waals surface area contributed by atoms with Gasteiger partial charge in [0.2, 0.25) is 0 Å². The fraction of sp³-hybridized carbons (Fsp3) is 0.571. The molecule has 17 heavy (non-hydrogen) atoms. The fourth-order valence-corrected chi connectivity index (χ4v) is 1.82. The van der Waals surface area contributed by atoms with Crippen LogP contribution in [0.1, 0.15) is 45.7 Å². The van der Waals surface area contributed by atoms with Crippen molar-refractivity contribution in [2.24, 2.45) is 11.7 Å². The number of halogens is 1. The third-order valence-corrected chi connectivity index (χ3v) is 2.61. The Kier molecular flexibility index (Phi) is 4.94. The minimum atomic E-state index is -0.338. The summed E-state index contributed by atoms with van der Waals surface area (Å²) in [5.41, 5.74) is 6.48. The lowest BCUT2D eigenvalue weighted by molar-refractivity contribution is 0.185. The molecule has 0 spiro atoms. The first kappa shape index (κ1) is 14.0. The van der Waals surface area contributed by atoms with E-state index in [2.05, 4.69) is 13.8 Å². The van der Waals surface area contributed by atoms with Gasteiger partial charge in [0.15, 0.2) is 11.6 Å². The molecule has 0 amide bonds. The van der Waals surface area contributed by atoms with Crippen molar-refractivity contribution in [1.82, 2.24) is 0 Å². The summed E-state index contributed by atoms with van der Waals surface area (Å²) >= 11 is 0. The van der Waals surface area contributed by atoms with Crippen molar-refractivity contribution >= 4 is 0 Å².